The van der Waals surface area contributed by atoms with E-state index in [4.69, 9.17) is 0 Å². The quantitative estimate of drug-likeness (QED) is 0.694. The first-order chi connectivity index (χ1) is 12.2. The van der Waals surface area contributed by atoms with E-state index in [1.54, 1.807) is 22.7 Å². The Balaban J connectivity index is 1.48. The normalized spacial score (nSPS) is 15.3. The third-order valence-electron chi connectivity index (χ3n) is 4.56. The highest BCUT2D eigenvalue weighted by Gasteiger charge is 2.26. The molecule has 25 heavy (non-hydrogen) atoms. The molecule has 0 aliphatic heterocycles. The molecule has 2 heterocycles. The van der Waals surface area contributed by atoms with Crippen molar-refractivity contribution >= 4 is 28.7 Å². The zero-order valence-corrected chi connectivity index (χ0v) is 16.5. The molecule has 1 atom stereocenters. The third kappa shape index (κ3) is 5.03. The summed E-state index contributed by atoms with van der Waals surface area (Å²) >= 11 is 3.41. The maximum absolute atomic E-state index is 12.2. The molecular weight excluding hydrogens is 352 g/mol. The largest absolute Gasteiger partial charge is 0.336 e. The van der Waals surface area contributed by atoms with Gasteiger partial charge in [-0.05, 0) is 48.3 Å². The topological polar surface area (TPSA) is 57.3 Å². The molecule has 1 aliphatic rings. The van der Waals surface area contributed by atoms with E-state index in [1.165, 1.54) is 23.4 Å². The van der Waals surface area contributed by atoms with Gasteiger partial charge in [0.15, 0.2) is 0 Å². The highest BCUT2D eigenvalue weighted by atomic mass is 32.1. The van der Waals surface area contributed by atoms with Gasteiger partial charge in [-0.15, -0.1) is 11.3 Å². The molecule has 2 aromatic rings. The van der Waals surface area contributed by atoms with Crippen LogP contribution in [0.5, 0.6) is 0 Å². The molecule has 1 aliphatic carbocycles. The molecule has 3 rings (SSSR count). The number of nitrogens with one attached hydrogen (secondary N) is 2. The number of carbonyl (C=O) groups is 1. The van der Waals surface area contributed by atoms with Crippen molar-refractivity contribution in [3.8, 4) is 0 Å². The van der Waals surface area contributed by atoms with Crippen LogP contribution in [-0.2, 0) is 6.54 Å². The number of carbonyl (C=O) groups excluding carboxylic acids is 1. The van der Waals surface area contributed by atoms with E-state index >= 15 is 0 Å². The molecule has 1 saturated carbocycles. The highest BCUT2D eigenvalue weighted by molar-refractivity contribution is 7.09. The monoisotopic (exact) mass is 378 g/mol. The Morgan fingerprint density at radius 2 is 2.12 bits per heavy atom. The lowest BCUT2D eigenvalue weighted by atomic mass is 10.1. The van der Waals surface area contributed by atoms with E-state index in [1.807, 2.05) is 0 Å². The zero-order valence-electron chi connectivity index (χ0n) is 14.8. The minimum absolute atomic E-state index is 0.131. The van der Waals surface area contributed by atoms with Crippen LogP contribution in [0.4, 0.5) is 4.79 Å². The van der Waals surface area contributed by atoms with E-state index in [2.05, 4.69) is 56.6 Å². The summed E-state index contributed by atoms with van der Waals surface area (Å²) in [6, 6.07) is 2.23. The molecule has 1 unspecified atom stereocenters. The molecule has 0 spiro atoms. The summed E-state index contributed by atoms with van der Waals surface area (Å²) < 4.78 is 0. The van der Waals surface area contributed by atoms with E-state index in [-0.39, 0.29) is 12.1 Å². The Kier molecular flexibility index (Phi) is 6.45. The summed E-state index contributed by atoms with van der Waals surface area (Å²) in [5.41, 5.74) is 2.22. The molecule has 1 fully saturated rings. The van der Waals surface area contributed by atoms with Crippen molar-refractivity contribution in [3.05, 3.63) is 38.5 Å². The SMILES string of the molecule is CCN(CC)C(CNC(=O)NCc1csc(C2CC2)n1)c1ccsc1. The fourth-order valence-electron chi connectivity index (χ4n) is 2.93. The van der Waals surface area contributed by atoms with Crippen LogP contribution in [0.2, 0.25) is 0 Å². The van der Waals surface area contributed by atoms with Gasteiger partial charge in [0.25, 0.3) is 0 Å². The maximum atomic E-state index is 12.2. The smallest absolute Gasteiger partial charge is 0.315 e. The number of rotatable bonds is 9. The molecule has 0 aromatic carbocycles. The van der Waals surface area contributed by atoms with Crippen molar-refractivity contribution in [3.63, 3.8) is 0 Å². The van der Waals surface area contributed by atoms with Crippen LogP contribution in [-0.4, -0.2) is 35.5 Å². The number of hydrogen-bond acceptors (Lipinski definition) is 5. The first kappa shape index (κ1) is 18.4. The summed E-state index contributed by atoms with van der Waals surface area (Å²) in [5, 5.41) is 13.5. The van der Waals surface area contributed by atoms with Crippen LogP contribution in [0.1, 0.15) is 54.9 Å². The van der Waals surface area contributed by atoms with Crippen LogP contribution in [0.25, 0.3) is 0 Å². The number of thiophene rings is 1. The summed E-state index contributed by atoms with van der Waals surface area (Å²) in [4.78, 5) is 19.1. The average molecular weight is 379 g/mol. The molecular formula is C18H26N4OS2. The zero-order chi connectivity index (χ0) is 17.6. The molecule has 0 bridgehead atoms. The number of amides is 2. The third-order valence-corrected chi connectivity index (χ3v) is 6.32. The number of hydrogen-bond donors (Lipinski definition) is 2. The van der Waals surface area contributed by atoms with Gasteiger partial charge < -0.3 is 10.6 Å². The summed E-state index contributed by atoms with van der Waals surface area (Å²) in [7, 11) is 0. The number of thiazole rings is 1. The van der Waals surface area contributed by atoms with E-state index in [9.17, 15) is 4.79 Å². The highest BCUT2D eigenvalue weighted by Crippen LogP contribution is 2.41. The van der Waals surface area contributed by atoms with Crippen molar-refractivity contribution in [1.82, 2.24) is 20.5 Å². The summed E-state index contributed by atoms with van der Waals surface area (Å²) in [5.74, 6) is 0.674. The molecule has 2 amide bonds. The van der Waals surface area contributed by atoms with E-state index in [0.29, 0.717) is 19.0 Å². The molecule has 0 saturated heterocycles. The number of likely N-dealkylation sites (N-methyl/N-ethyl adjacent to an activating group) is 1. The van der Waals surface area contributed by atoms with E-state index in [0.717, 1.165) is 18.8 Å². The van der Waals surface area contributed by atoms with Crippen molar-refractivity contribution < 1.29 is 4.79 Å². The van der Waals surface area contributed by atoms with Gasteiger partial charge in [0, 0.05) is 17.8 Å². The van der Waals surface area contributed by atoms with Gasteiger partial charge in [-0.2, -0.15) is 11.3 Å². The minimum Gasteiger partial charge on any atom is -0.336 e. The Bertz CT molecular complexity index is 662. The summed E-state index contributed by atoms with van der Waals surface area (Å²) in [6.45, 7) is 7.33. The molecule has 7 heteroatoms. The van der Waals surface area contributed by atoms with Gasteiger partial charge in [-0.25, -0.2) is 9.78 Å². The van der Waals surface area contributed by atoms with Gasteiger partial charge in [0.2, 0.25) is 0 Å². The lowest BCUT2D eigenvalue weighted by Crippen LogP contribution is -2.42. The van der Waals surface area contributed by atoms with Crippen molar-refractivity contribution in [2.24, 2.45) is 0 Å². The molecule has 0 radical (unpaired) electrons. The minimum atomic E-state index is -0.131. The van der Waals surface area contributed by atoms with Crippen molar-refractivity contribution in [1.29, 1.82) is 0 Å². The lowest BCUT2D eigenvalue weighted by molar-refractivity contribution is 0.206. The second kappa shape index (κ2) is 8.78. The Morgan fingerprint density at radius 1 is 1.32 bits per heavy atom. The van der Waals surface area contributed by atoms with E-state index < -0.39 is 0 Å². The second-order valence-corrected chi connectivity index (χ2v) is 7.98. The van der Waals surface area contributed by atoms with Gasteiger partial charge in [-0.1, -0.05) is 13.8 Å². The summed E-state index contributed by atoms with van der Waals surface area (Å²) in [6.07, 6.45) is 2.52. The van der Waals surface area contributed by atoms with Gasteiger partial charge in [0.05, 0.1) is 23.3 Å². The first-order valence-electron chi connectivity index (χ1n) is 8.93. The van der Waals surface area contributed by atoms with Gasteiger partial charge >= 0.3 is 6.03 Å². The maximum Gasteiger partial charge on any atom is 0.315 e. The number of urea groups is 1. The predicted octanol–water partition coefficient (Wildman–Crippen LogP) is 3.96. The lowest BCUT2D eigenvalue weighted by Gasteiger charge is -2.29. The van der Waals surface area contributed by atoms with Crippen LogP contribution in [0, 0.1) is 0 Å². The fraction of sp³-hybridized carbons (Fsp3) is 0.556. The number of nitrogens with zero attached hydrogens (tertiary/aromatic N) is 2. The average Bonchev–Trinajstić information content (AvgIpc) is 3.13. The molecule has 2 aromatic heterocycles. The van der Waals surface area contributed by atoms with Crippen LogP contribution in [0.15, 0.2) is 22.2 Å². The molecule has 5 nitrogen and oxygen atoms in total. The number of aromatic nitrogens is 1. The first-order valence-corrected chi connectivity index (χ1v) is 10.8. The van der Waals surface area contributed by atoms with Crippen LogP contribution in [0.3, 0.4) is 0 Å². The van der Waals surface area contributed by atoms with Crippen molar-refractivity contribution in [2.45, 2.75) is 45.2 Å². The molecule has 136 valence electrons. The Labute approximate surface area is 157 Å². The predicted molar refractivity (Wildman–Crippen MR) is 104 cm³/mol. The molecule has 2 N–H and O–H groups in total. The Morgan fingerprint density at radius 3 is 2.76 bits per heavy atom. The van der Waals surface area contributed by atoms with Crippen molar-refractivity contribution in [2.75, 3.05) is 19.6 Å². The van der Waals surface area contributed by atoms with Gasteiger partial charge in [0.1, 0.15) is 0 Å². The standard InChI is InChI=1S/C18H26N4OS2/c1-3-22(4-2)16(14-7-8-24-11-14)10-20-18(23)19-9-15-12-25-17(21-15)13-5-6-13/h7-8,11-13,16H,3-6,9-10H2,1-2H3,(H2,19,20,23). The fourth-order valence-corrected chi connectivity index (χ4v) is 4.63. The van der Waals surface area contributed by atoms with Crippen LogP contribution < -0.4 is 10.6 Å². The van der Waals surface area contributed by atoms with Gasteiger partial charge in [-0.3, -0.25) is 4.90 Å². The Hall–Kier alpha value is -1.44. The second-order valence-electron chi connectivity index (χ2n) is 6.31. The van der Waals surface area contributed by atoms with Crippen LogP contribution >= 0.6 is 22.7 Å².